The molecule has 2 aromatic rings. The van der Waals surface area contributed by atoms with Crippen molar-refractivity contribution in [1.82, 2.24) is 19.9 Å². The van der Waals surface area contributed by atoms with Crippen LogP contribution in [0.4, 0.5) is 0 Å². The number of hydrogen-bond acceptors (Lipinski definition) is 6. The lowest BCUT2D eigenvalue weighted by atomic mass is 10.1. The van der Waals surface area contributed by atoms with E-state index in [0.717, 1.165) is 50.5 Å². The van der Waals surface area contributed by atoms with Crippen LogP contribution in [-0.2, 0) is 6.54 Å². The van der Waals surface area contributed by atoms with Gasteiger partial charge in [0.2, 0.25) is 5.76 Å². The molecule has 0 aliphatic carbocycles. The highest BCUT2D eigenvalue weighted by atomic mass is 16.5. The van der Waals surface area contributed by atoms with Gasteiger partial charge >= 0.3 is 0 Å². The zero-order valence-electron chi connectivity index (χ0n) is 17.5. The topological polar surface area (TPSA) is 62.1 Å². The van der Waals surface area contributed by atoms with Gasteiger partial charge in [-0.15, -0.1) is 0 Å². The molecule has 29 heavy (non-hydrogen) atoms. The Hall–Kier alpha value is -2.38. The molecular weight excluding hydrogens is 368 g/mol. The van der Waals surface area contributed by atoms with E-state index in [4.69, 9.17) is 9.26 Å². The molecule has 2 aliphatic rings. The van der Waals surface area contributed by atoms with E-state index in [1.807, 2.05) is 24.0 Å². The van der Waals surface area contributed by atoms with Crippen LogP contribution in [0.5, 0.6) is 5.75 Å². The second-order valence-electron chi connectivity index (χ2n) is 8.39. The van der Waals surface area contributed by atoms with E-state index in [0.29, 0.717) is 12.4 Å². The van der Waals surface area contributed by atoms with Gasteiger partial charge in [0.25, 0.3) is 5.91 Å². The summed E-state index contributed by atoms with van der Waals surface area (Å²) in [6.07, 6.45) is 2.02. The first-order valence-electron chi connectivity index (χ1n) is 10.3. The third-order valence-electron chi connectivity index (χ3n) is 5.79. The molecule has 156 valence electrons. The molecular formula is C22H30N4O3. The Balaban J connectivity index is 1.53. The standard InChI is InChI=1S/C22H30N4O3/c1-16-11-21(29-23-16)22(27)26-10-6-8-18(26)14-25-12-17-7-4-5-9-20(17)28-15-19(25)13-24(2)3/h4-5,7,9,11,18-19H,6,8,10,12-15H2,1-3H3/t18-,19+/m0/s1. The highest BCUT2D eigenvalue weighted by Gasteiger charge is 2.35. The second-order valence-corrected chi connectivity index (χ2v) is 8.39. The molecule has 0 N–H and O–H groups in total. The average molecular weight is 399 g/mol. The molecule has 1 saturated heterocycles. The number of likely N-dealkylation sites (N-methyl/N-ethyl adjacent to an activating group) is 1. The van der Waals surface area contributed by atoms with Crippen molar-refractivity contribution in [3.8, 4) is 5.75 Å². The average Bonchev–Trinajstić information content (AvgIpc) is 3.30. The molecule has 0 bridgehead atoms. The van der Waals surface area contributed by atoms with Crippen LogP contribution in [0.3, 0.4) is 0 Å². The summed E-state index contributed by atoms with van der Waals surface area (Å²) in [5.41, 5.74) is 1.94. The van der Waals surface area contributed by atoms with Crippen molar-refractivity contribution in [2.75, 3.05) is 40.3 Å². The van der Waals surface area contributed by atoms with Gasteiger partial charge in [0, 0.05) is 43.9 Å². The Morgan fingerprint density at radius 2 is 2.10 bits per heavy atom. The number of aromatic nitrogens is 1. The third-order valence-corrected chi connectivity index (χ3v) is 5.79. The van der Waals surface area contributed by atoms with E-state index in [1.165, 1.54) is 5.56 Å². The van der Waals surface area contributed by atoms with Gasteiger partial charge in [-0.2, -0.15) is 0 Å². The first-order chi connectivity index (χ1) is 14.0. The predicted octanol–water partition coefficient (Wildman–Crippen LogP) is 2.41. The van der Waals surface area contributed by atoms with E-state index in [2.05, 4.69) is 41.2 Å². The molecule has 0 saturated carbocycles. The molecule has 0 spiro atoms. The van der Waals surface area contributed by atoms with Gasteiger partial charge in [-0.3, -0.25) is 9.69 Å². The van der Waals surface area contributed by atoms with E-state index in [9.17, 15) is 4.79 Å². The van der Waals surface area contributed by atoms with Gasteiger partial charge in [-0.1, -0.05) is 23.4 Å². The van der Waals surface area contributed by atoms with Gasteiger partial charge in [-0.05, 0) is 39.9 Å². The minimum atomic E-state index is -0.0521. The lowest BCUT2D eigenvalue weighted by Gasteiger charge is -2.35. The summed E-state index contributed by atoms with van der Waals surface area (Å²) >= 11 is 0. The van der Waals surface area contributed by atoms with Gasteiger partial charge in [0.15, 0.2) is 0 Å². The Labute approximate surface area is 172 Å². The zero-order chi connectivity index (χ0) is 20.4. The van der Waals surface area contributed by atoms with E-state index in [-0.39, 0.29) is 18.0 Å². The molecule has 4 rings (SSSR count). The Morgan fingerprint density at radius 1 is 1.28 bits per heavy atom. The number of para-hydroxylation sites is 1. The summed E-state index contributed by atoms with van der Waals surface area (Å²) in [6, 6.07) is 10.4. The maximum Gasteiger partial charge on any atom is 0.292 e. The van der Waals surface area contributed by atoms with Crippen LogP contribution in [0.25, 0.3) is 0 Å². The molecule has 7 nitrogen and oxygen atoms in total. The first kappa shape index (κ1) is 19.9. The molecule has 0 radical (unpaired) electrons. The van der Waals surface area contributed by atoms with E-state index < -0.39 is 0 Å². The fourth-order valence-electron chi connectivity index (χ4n) is 4.39. The fourth-order valence-corrected chi connectivity index (χ4v) is 4.39. The van der Waals surface area contributed by atoms with Crippen LogP contribution in [-0.4, -0.2) is 78.2 Å². The third kappa shape index (κ3) is 4.46. The number of aryl methyl sites for hydroxylation is 1. The molecule has 3 heterocycles. The van der Waals surface area contributed by atoms with Crippen LogP contribution < -0.4 is 4.74 Å². The summed E-state index contributed by atoms with van der Waals surface area (Å²) in [6.45, 7) is 5.82. The predicted molar refractivity (Wildman–Crippen MR) is 110 cm³/mol. The molecule has 1 amide bonds. The number of rotatable bonds is 5. The van der Waals surface area contributed by atoms with Gasteiger partial charge < -0.3 is 19.1 Å². The van der Waals surface area contributed by atoms with Crippen LogP contribution >= 0.6 is 0 Å². The monoisotopic (exact) mass is 398 g/mol. The second kappa shape index (κ2) is 8.55. The zero-order valence-corrected chi connectivity index (χ0v) is 17.5. The molecule has 2 aliphatic heterocycles. The normalized spacial score (nSPS) is 22.4. The van der Waals surface area contributed by atoms with Crippen molar-refractivity contribution in [3.63, 3.8) is 0 Å². The largest absolute Gasteiger partial charge is 0.492 e. The van der Waals surface area contributed by atoms with E-state index in [1.54, 1.807) is 6.07 Å². The summed E-state index contributed by atoms with van der Waals surface area (Å²) in [7, 11) is 4.18. The number of hydrogen-bond donors (Lipinski definition) is 0. The number of likely N-dealkylation sites (tertiary alicyclic amines) is 1. The van der Waals surface area contributed by atoms with Gasteiger partial charge in [0.1, 0.15) is 12.4 Å². The number of carbonyl (C=O) groups is 1. The Bertz CT molecular complexity index is 850. The van der Waals surface area contributed by atoms with Crippen molar-refractivity contribution >= 4 is 5.91 Å². The minimum absolute atomic E-state index is 0.0521. The lowest BCUT2D eigenvalue weighted by molar-refractivity contribution is 0.0583. The van der Waals surface area contributed by atoms with Gasteiger partial charge in [-0.25, -0.2) is 0 Å². The number of benzene rings is 1. The molecule has 2 atom stereocenters. The minimum Gasteiger partial charge on any atom is -0.492 e. The number of fused-ring (bicyclic) bond motifs is 1. The SMILES string of the molecule is Cc1cc(C(=O)N2CCC[C@H]2CN2Cc3ccccc3OC[C@H]2CN(C)C)on1. The van der Waals surface area contributed by atoms with Crippen LogP contribution in [0.1, 0.15) is 34.7 Å². The number of amides is 1. The highest BCUT2D eigenvalue weighted by Crippen LogP contribution is 2.28. The molecule has 1 aromatic carbocycles. The number of carbonyl (C=O) groups excluding carboxylic acids is 1. The van der Waals surface area contributed by atoms with Crippen LogP contribution in [0, 0.1) is 6.92 Å². The van der Waals surface area contributed by atoms with Crippen molar-refractivity contribution in [3.05, 3.63) is 47.3 Å². The highest BCUT2D eigenvalue weighted by molar-refractivity contribution is 5.91. The fraction of sp³-hybridized carbons (Fsp3) is 0.545. The maximum atomic E-state index is 13.0. The van der Waals surface area contributed by atoms with Crippen molar-refractivity contribution in [2.24, 2.45) is 0 Å². The first-order valence-corrected chi connectivity index (χ1v) is 10.3. The van der Waals surface area contributed by atoms with E-state index >= 15 is 0 Å². The van der Waals surface area contributed by atoms with Crippen molar-refractivity contribution in [1.29, 1.82) is 0 Å². The summed E-state index contributed by atoms with van der Waals surface area (Å²) in [4.78, 5) is 19.6. The molecule has 7 heteroatoms. The molecule has 1 aromatic heterocycles. The van der Waals surface area contributed by atoms with Gasteiger partial charge in [0.05, 0.1) is 11.7 Å². The summed E-state index contributed by atoms with van der Waals surface area (Å²) in [5.74, 6) is 1.25. The molecule has 0 unspecified atom stereocenters. The van der Waals surface area contributed by atoms with Crippen LogP contribution in [0.2, 0.25) is 0 Å². The number of ether oxygens (including phenoxy) is 1. The Morgan fingerprint density at radius 3 is 2.86 bits per heavy atom. The number of nitrogens with zero attached hydrogens (tertiary/aromatic N) is 4. The van der Waals surface area contributed by atoms with Crippen molar-refractivity contribution in [2.45, 2.75) is 38.4 Å². The van der Waals surface area contributed by atoms with Crippen LogP contribution in [0.15, 0.2) is 34.9 Å². The quantitative estimate of drug-likeness (QED) is 0.771. The molecule has 1 fully saturated rings. The summed E-state index contributed by atoms with van der Waals surface area (Å²) < 4.78 is 11.4. The maximum absolute atomic E-state index is 13.0. The Kier molecular flexibility index (Phi) is 5.87. The summed E-state index contributed by atoms with van der Waals surface area (Å²) in [5, 5.41) is 3.88. The lowest BCUT2D eigenvalue weighted by Crippen LogP contribution is -2.50. The van der Waals surface area contributed by atoms with Crippen molar-refractivity contribution < 1.29 is 14.1 Å². The smallest absolute Gasteiger partial charge is 0.292 e.